The van der Waals surface area contributed by atoms with Crippen molar-refractivity contribution in [1.29, 1.82) is 0 Å². The lowest BCUT2D eigenvalue weighted by Crippen LogP contribution is -2.33. The van der Waals surface area contributed by atoms with Gasteiger partial charge in [-0.3, -0.25) is 4.79 Å². The van der Waals surface area contributed by atoms with Crippen LogP contribution in [-0.4, -0.2) is 35.4 Å². The largest absolute Gasteiger partial charge is 0.461 e. The van der Waals surface area contributed by atoms with E-state index < -0.39 is 36.2 Å². The van der Waals surface area contributed by atoms with Crippen LogP contribution < -0.4 is 0 Å². The fraction of sp³-hybridized carbons (Fsp3) is 0.529. The minimum Gasteiger partial charge on any atom is -0.461 e. The van der Waals surface area contributed by atoms with Crippen LogP contribution in [0.15, 0.2) is 35.5 Å². The first-order valence-corrected chi connectivity index (χ1v) is 7.38. The summed E-state index contributed by atoms with van der Waals surface area (Å²) >= 11 is 0. The third kappa shape index (κ3) is 3.47. The molecule has 1 aliphatic heterocycles. The van der Waals surface area contributed by atoms with E-state index in [-0.39, 0.29) is 0 Å². The molecule has 0 bridgehead atoms. The van der Waals surface area contributed by atoms with Crippen molar-refractivity contribution >= 4 is 11.9 Å². The zero-order chi connectivity index (χ0) is 16.4. The highest BCUT2D eigenvalue weighted by molar-refractivity contribution is 5.91. The molecule has 0 unspecified atom stereocenters. The molecule has 1 N–H and O–H groups in total. The quantitative estimate of drug-likeness (QED) is 0.456. The maximum Gasteiger partial charge on any atom is 0.334 e. The monoisotopic (exact) mass is 306 g/mol. The van der Waals surface area contributed by atoms with E-state index in [0.717, 1.165) is 11.1 Å². The molecular weight excluding hydrogens is 284 g/mol. The molecule has 0 aromatic carbocycles. The first-order chi connectivity index (χ1) is 10.3. The lowest BCUT2D eigenvalue weighted by Gasteiger charge is -2.27. The van der Waals surface area contributed by atoms with Gasteiger partial charge in [-0.25, -0.2) is 4.79 Å². The summed E-state index contributed by atoms with van der Waals surface area (Å²) in [5.74, 6) is -1.31. The van der Waals surface area contributed by atoms with E-state index in [9.17, 15) is 14.7 Å². The summed E-state index contributed by atoms with van der Waals surface area (Å²) < 4.78 is 10.8. The van der Waals surface area contributed by atoms with Crippen LogP contribution in [0.5, 0.6) is 0 Å². The number of hydrogen-bond donors (Lipinski definition) is 1. The Hall–Kier alpha value is -1.88. The molecule has 4 atom stereocenters. The van der Waals surface area contributed by atoms with Crippen LogP contribution in [0, 0.1) is 5.92 Å². The number of aliphatic hydroxyl groups is 1. The summed E-state index contributed by atoms with van der Waals surface area (Å²) in [6.07, 6.45) is 2.94. The number of rotatable bonds is 1. The lowest BCUT2D eigenvalue weighted by molar-refractivity contribution is -0.149. The van der Waals surface area contributed by atoms with Crippen LogP contribution in [0.1, 0.15) is 33.6 Å². The van der Waals surface area contributed by atoms with Crippen molar-refractivity contribution in [2.24, 2.45) is 5.92 Å². The maximum absolute atomic E-state index is 11.9. The third-order valence-corrected chi connectivity index (χ3v) is 4.15. The van der Waals surface area contributed by atoms with Crippen LogP contribution >= 0.6 is 0 Å². The highest BCUT2D eigenvalue weighted by Gasteiger charge is 2.44. The van der Waals surface area contributed by atoms with Crippen molar-refractivity contribution in [3.63, 3.8) is 0 Å². The van der Waals surface area contributed by atoms with Crippen LogP contribution in [0.25, 0.3) is 0 Å². The summed E-state index contributed by atoms with van der Waals surface area (Å²) in [5.41, 5.74) is 2.03. The molecule has 5 heteroatoms. The Labute approximate surface area is 130 Å². The molecule has 0 spiro atoms. The first-order valence-electron chi connectivity index (χ1n) is 7.38. The molecule has 1 heterocycles. The molecule has 0 radical (unpaired) electrons. The van der Waals surface area contributed by atoms with Gasteiger partial charge in [0.1, 0.15) is 12.2 Å². The van der Waals surface area contributed by atoms with Crippen molar-refractivity contribution in [3.8, 4) is 0 Å². The number of fused-ring (bicyclic) bond motifs is 1. The van der Waals surface area contributed by atoms with E-state index in [4.69, 9.17) is 9.47 Å². The van der Waals surface area contributed by atoms with Gasteiger partial charge in [0, 0.05) is 18.9 Å². The Morgan fingerprint density at radius 2 is 2.14 bits per heavy atom. The predicted molar refractivity (Wildman–Crippen MR) is 80.8 cm³/mol. The Kier molecular flexibility index (Phi) is 4.86. The van der Waals surface area contributed by atoms with Crippen molar-refractivity contribution < 1.29 is 24.2 Å². The molecule has 0 saturated carbocycles. The molecule has 0 aromatic heterocycles. The van der Waals surface area contributed by atoms with E-state index in [1.165, 1.54) is 6.92 Å². The van der Waals surface area contributed by atoms with E-state index in [0.29, 0.717) is 18.4 Å². The second-order valence-corrected chi connectivity index (χ2v) is 5.99. The fourth-order valence-corrected chi connectivity index (χ4v) is 2.91. The van der Waals surface area contributed by atoms with Crippen molar-refractivity contribution in [2.75, 3.05) is 0 Å². The molecule has 22 heavy (non-hydrogen) atoms. The molecule has 0 aromatic rings. The minimum absolute atomic E-state index is 0.308. The van der Waals surface area contributed by atoms with Crippen LogP contribution in [0.4, 0.5) is 0 Å². The van der Waals surface area contributed by atoms with Gasteiger partial charge in [0.15, 0.2) is 0 Å². The Morgan fingerprint density at radius 1 is 1.45 bits per heavy atom. The zero-order valence-corrected chi connectivity index (χ0v) is 13.2. The molecule has 120 valence electrons. The van der Waals surface area contributed by atoms with Gasteiger partial charge in [-0.2, -0.15) is 0 Å². The average molecular weight is 306 g/mol. The minimum atomic E-state index is -0.617. The number of carbonyl (C=O) groups is 2. The molecular formula is C17H22O5. The summed E-state index contributed by atoms with van der Waals surface area (Å²) in [4.78, 5) is 23.3. The highest BCUT2D eigenvalue weighted by Crippen LogP contribution is 2.36. The van der Waals surface area contributed by atoms with Crippen LogP contribution in [0.3, 0.4) is 0 Å². The summed E-state index contributed by atoms with van der Waals surface area (Å²) in [5, 5.41) is 10.1. The molecule has 1 aliphatic carbocycles. The maximum atomic E-state index is 11.9. The number of carbonyl (C=O) groups excluding carboxylic acids is 2. The van der Waals surface area contributed by atoms with E-state index in [1.54, 1.807) is 13.0 Å². The van der Waals surface area contributed by atoms with Gasteiger partial charge >= 0.3 is 11.9 Å². The molecule has 2 aliphatic rings. The smallest absolute Gasteiger partial charge is 0.334 e. The van der Waals surface area contributed by atoms with Gasteiger partial charge in [0.2, 0.25) is 0 Å². The van der Waals surface area contributed by atoms with Crippen molar-refractivity contribution in [1.82, 2.24) is 0 Å². The topological polar surface area (TPSA) is 72.8 Å². The average Bonchev–Trinajstić information content (AvgIpc) is 2.69. The number of aliphatic hydroxyl groups excluding tert-OH is 1. The SMILES string of the molecule is C=C1C(=O)O[C@@H]2/C=C(\C)[C@H](O)C/C=C(\C)C[C@H](OC(C)=O)[C@@H]12. The van der Waals surface area contributed by atoms with E-state index in [2.05, 4.69) is 6.58 Å². The van der Waals surface area contributed by atoms with Crippen molar-refractivity contribution in [3.05, 3.63) is 35.5 Å². The van der Waals surface area contributed by atoms with Gasteiger partial charge in [-0.1, -0.05) is 18.2 Å². The molecule has 0 amide bonds. The summed E-state index contributed by atoms with van der Waals surface area (Å²) in [6, 6.07) is 0. The Morgan fingerprint density at radius 3 is 2.77 bits per heavy atom. The normalized spacial score (nSPS) is 37.3. The van der Waals surface area contributed by atoms with Gasteiger partial charge in [0.25, 0.3) is 0 Å². The molecule has 1 saturated heterocycles. The standard InChI is InChI=1S/C17H22O5/c1-9-5-6-13(19)10(2)8-15-16(11(3)17(20)22-15)14(7-9)21-12(4)18/h5,8,13-16,19H,3,6-7H2,1-2,4H3/b9-5+,10-8+/t13-,14+,15-,16-/m1/s1. The summed E-state index contributed by atoms with van der Waals surface area (Å²) in [7, 11) is 0. The molecule has 1 fully saturated rings. The molecule has 5 nitrogen and oxygen atoms in total. The predicted octanol–water partition coefficient (Wildman–Crippen LogP) is 2.06. The van der Waals surface area contributed by atoms with Crippen molar-refractivity contribution in [2.45, 2.75) is 51.9 Å². The van der Waals surface area contributed by atoms with Crippen LogP contribution in [0.2, 0.25) is 0 Å². The van der Waals surface area contributed by atoms with Crippen LogP contribution in [-0.2, 0) is 19.1 Å². The third-order valence-electron chi connectivity index (χ3n) is 4.15. The number of esters is 2. The van der Waals surface area contributed by atoms with E-state index in [1.807, 2.05) is 13.0 Å². The second-order valence-electron chi connectivity index (χ2n) is 5.99. The highest BCUT2D eigenvalue weighted by atomic mass is 16.6. The Bertz CT molecular complexity index is 557. The van der Waals surface area contributed by atoms with Gasteiger partial charge in [0.05, 0.1) is 12.0 Å². The first kappa shape index (κ1) is 16.5. The van der Waals surface area contributed by atoms with Gasteiger partial charge in [-0.15, -0.1) is 0 Å². The fourth-order valence-electron chi connectivity index (χ4n) is 2.91. The molecule has 2 rings (SSSR count). The van der Waals surface area contributed by atoms with Gasteiger partial charge < -0.3 is 14.6 Å². The number of hydrogen-bond acceptors (Lipinski definition) is 5. The zero-order valence-electron chi connectivity index (χ0n) is 13.2. The number of ether oxygens (including phenoxy) is 2. The van der Waals surface area contributed by atoms with Gasteiger partial charge in [-0.05, 0) is 31.9 Å². The second kappa shape index (κ2) is 6.48. The summed E-state index contributed by atoms with van der Waals surface area (Å²) in [6.45, 7) is 8.85. The lowest BCUT2D eigenvalue weighted by atomic mass is 9.85. The Balaban J connectivity index is 2.43. The van der Waals surface area contributed by atoms with E-state index >= 15 is 0 Å².